The number of imidazole rings is 1. The SMILES string of the molecule is O=C(NCCc1c[nH]c2ccccc12)c1ccc2c(c1)sc1nc(-c3ccccc3)cn12. The van der Waals surface area contributed by atoms with Crippen molar-refractivity contribution in [2.24, 2.45) is 0 Å². The molecule has 3 aromatic carbocycles. The highest BCUT2D eigenvalue weighted by Crippen LogP contribution is 2.30. The molecule has 5 nitrogen and oxygen atoms in total. The minimum absolute atomic E-state index is 0.0530. The van der Waals surface area contributed by atoms with Crippen LogP contribution in [0.25, 0.3) is 37.3 Å². The van der Waals surface area contributed by atoms with Gasteiger partial charge in [-0.3, -0.25) is 9.20 Å². The second-order valence-corrected chi connectivity index (χ2v) is 8.80. The highest BCUT2D eigenvalue weighted by molar-refractivity contribution is 7.23. The first-order chi connectivity index (χ1) is 15.8. The van der Waals surface area contributed by atoms with Crippen LogP contribution in [0.3, 0.4) is 0 Å². The molecule has 0 atom stereocenters. The highest BCUT2D eigenvalue weighted by atomic mass is 32.1. The molecule has 0 aliphatic heterocycles. The first kappa shape index (κ1) is 18.8. The van der Waals surface area contributed by atoms with Crippen LogP contribution in [0.15, 0.2) is 85.2 Å². The maximum absolute atomic E-state index is 12.7. The Labute approximate surface area is 188 Å². The molecule has 0 aliphatic carbocycles. The number of rotatable bonds is 5. The van der Waals surface area contributed by atoms with Gasteiger partial charge in [-0.1, -0.05) is 59.9 Å². The lowest BCUT2D eigenvalue weighted by Crippen LogP contribution is -2.25. The molecule has 0 spiro atoms. The number of thiazole rings is 1. The molecule has 2 N–H and O–H groups in total. The molecule has 1 amide bonds. The Morgan fingerprint density at radius 3 is 2.78 bits per heavy atom. The number of fused-ring (bicyclic) bond motifs is 4. The molecule has 0 unspecified atom stereocenters. The van der Waals surface area contributed by atoms with E-state index < -0.39 is 0 Å². The summed E-state index contributed by atoms with van der Waals surface area (Å²) in [5, 5.41) is 4.26. The summed E-state index contributed by atoms with van der Waals surface area (Å²) in [6.07, 6.45) is 4.87. The van der Waals surface area contributed by atoms with E-state index in [1.54, 1.807) is 11.3 Å². The van der Waals surface area contributed by atoms with Gasteiger partial charge in [0.1, 0.15) is 0 Å². The molecule has 32 heavy (non-hydrogen) atoms. The van der Waals surface area contributed by atoms with E-state index in [0.717, 1.165) is 38.4 Å². The smallest absolute Gasteiger partial charge is 0.251 e. The fourth-order valence-electron chi connectivity index (χ4n) is 4.14. The molecule has 3 heterocycles. The molecule has 6 heteroatoms. The lowest BCUT2D eigenvalue weighted by atomic mass is 10.1. The van der Waals surface area contributed by atoms with Crippen molar-refractivity contribution in [3.63, 3.8) is 0 Å². The first-order valence-corrected chi connectivity index (χ1v) is 11.4. The molecule has 6 rings (SSSR count). The topological polar surface area (TPSA) is 62.2 Å². The van der Waals surface area contributed by atoms with Crippen molar-refractivity contribution in [1.29, 1.82) is 0 Å². The van der Waals surface area contributed by atoms with Gasteiger partial charge in [-0.2, -0.15) is 0 Å². The molecule has 0 saturated heterocycles. The van der Waals surface area contributed by atoms with Crippen molar-refractivity contribution in [2.45, 2.75) is 6.42 Å². The van der Waals surface area contributed by atoms with E-state index in [2.05, 4.69) is 45.2 Å². The maximum Gasteiger partial charge on any atom is 0.251 e. The Bertz CT molecular complexity index is 1580. The van der Waals surface area contributed by atoms with Gasteiger partial charge in [0.15, 0.2) is 4.96 Å². The summed E-state index contributed by atoms with van der Waals surface area (Å²) in [4.78, 5) is 21.7. The van der Waals surface area contributed by atoms with E-state index in [9.17, 15) is 4.79 Å². The molecule has 0 fully saturated rings. The molecule has 0 saturated carbocycles. The number of aromatic amines is 1. The third kappa shape index (κ3) is 3.25. The number of benzene rings is 3. The second-order valence-electron chi connectivity index (χ2n) is 7.79. The first-order valence-electron chi connectivity index (χ1n) is 10.6. The second kappa shape index (κ2) is 7.66. The number of nitrogens with zero attached hydrogens (tertiary/aromatic N) is 2. The minimum Gasteiger partial charge on any atom is -0.361 e. The van der Waals surface area contributed by atoms with Crippen molar-refractivity contribution >= 4 is 43.3 Å². The average molecular weight is 437 g/mol. The van der Waals surface area contributed by atoms with Crippen molar-refractivity contribution < 1.29 is 4.79 Å². The minimum atomic E-state index is -0.0530. The Balaban J connectivity index is 1.20. The van der Waals surface area contributed by atoms with Gasteiger partial charge < -0.3 is 10.3 Å². The summed E-state index contributed by atoms with van der Waals surface area (Å²) in [7, 11) is 0. The summed E-state index contributed by atoms with van der Waals surface area (Å²) in [6.45, 7) is 0.590. The molecule has 0 bridgehead atoms. The fourth-order valence-corrected chi connectivity index (χ4v) is 5.19. The number of hydrogen-bond donors (Lipinski definition) is 2. The van der Waals surface area contributed by atoms with Crippen LogP contribution in [0.2, 0.25) is 0 Å². The molecular weight excluding hydrogens is 416 g/mol. The quantitative estimate of drug-likeness (QED) is 0.366. The molecular formula is C26H20N4OS. The van der Waals surface area contributed by atoms with Crippen molar-refractivity contribution in [3.8, 4) is 11.3 Å². The number of carbonyl (C=O) groups excluding carboxylic acids is 1. The van der Waals surface area contributed by atoms with Gasteiger partial charge in [-0.15, -0.1) is 0 Å². The van der Waals surface area contributed by atoms with Crippen LogP contribution in [0.5, 0.6) is 0 Å². The standard InChI is InChI=1S/C26H20N4OS/c31-25(27-13-12-19-15-28-21-9-5-4-8-20(19)21)18-10-11-23-24(14-18)32-26-29-22(16-30(23)26)17-6-2-1-3-7-17/h1-11,14-16,28H,12-13H2,(H,27,31). The number of para-hydroxylation sites is 1. The van der Waals surface area contributed by atoms with Gasteiger partial charge in [0.2, 0.25) is 0 Å². The Kier molecular flexibility index (Phi) is 4.51. The van der Waals surface area contributed by atoms with Gasteiger partial charge >= 0.3 is 0 Å². The number of amides is 1. The van der Waals surface area contributed by atoms with Gasteiger partial charge in [0, 0.05) is 41.0 Å². The zero-order valence-electron chi connectivity index (χ0n) is 17.2. The molecule has 156 valence electrons. The summed E-state index contributed by atoms with van der Waals surface area (Å²) in [6, 6.07) is 24.2. The summed E-state index contributed by atoms with van der Waals surface area (Å²) in [5.74, 6) is -0.0530. The maximum atomic E-state index is 12.7. The monoisotopic (exact) mass is 436 g/mol. The van der Waals surface area contributed by atoms with Gasteiger partial charge in [-0.25, -0.2) is 4.98 Å². The molecule has 0 aliphatic rings. The highest BCUT2D eigenvalue weighted by Gasteiger charge is 2.13. The Morgan fingerprint density at radius 1 is 1.03 bits per heavy atom. The van der Waals surface area contributed by atoms with Crippen LogP contribution in [-0.2, 0) is 6.42 Å². The summed E-state index contributed by atoms with van der Waals surface area (Å²) >= 11 is 1.60. The number of nitrogens with one attached hydrogen (secondary N) is 2. The number of aromatic nitrogens is 3. The van der Waals surface area contributed by atoms with Crippen LogP contribution in [0.4, 0.5) is 0 Å². The summed E-state index contributed by atoms with van der Waals surface area (Å²) in [5.41, 5.74) is 6.13. The van der Waals surface area contributed by atoms with E-state index in [1.165, 1.54) is 10.9 Å². The normalized spacial score (nSPS) is 11.5. The number of carbonyl (C=O) groups is 1. The van der Waals surface area contributed by atoms with E-state index >= 15 is 0 Å². The van der Waals surface area contributed by atoms with Crippen molar-refractivity contribution in [2.75, 3.05) is 6.54 Å². The zero-order valence-corrected chi connectivity index (χ0v) is 18.0. The van der Waals surface area contributed by atoms with Gasteiger partial charge in [0.25, 0.3) is 5.91 Å². The number of H-pyrrole nitrogens is 1. The van der Waals surface area contributed by atoms with E-state index in [-0.39, 0.29) is 5.91 Å². The van der Waals surface area contributed by atoms with Gasteiger partial charge in [-0.05, 0) is 36.2 Å². The molecule has 3 aromatic heterocycles. The van der Waals surface area contributed by atoms with Crippen LogP contribution in [0.1, 0.15) is 15.9 Å². The number of hydrogen-bond acceptors (Lipinski definition) is 3. The lowest BCUT2D eigenvalue weighted by molar-refractivity contribution is 0.0954. The van der Waals surface area contributed by atoms with Crippen LogP contribution < -0.4 is 5.32 Å². The van der Waals surface area contributed by atoms with E-state index in [1.807, 2.05) is 54.7 Å². The third-order valence-corrected chi connectivity index (χ3v) is 6.80. The van der Waals surface area contributed by atoms with Crippen molar-refractivity contribution in [3.05, 3.63) is 96.3 Å². The summed E-state index contributed by atoms with van der Waals surface area (Å²) < 4.78 is 3.15. The largest absolute Gasteiger partial charge is 0.361 e. The van der Waals surface area contributed by atoms with Crippen LogP contribution >= 0.6 is 11.3 Å². The Hall–Kier alpha value is -3.90. The predicted molar refractivity (Wildman–Crippen MR) is 130 cm³/mol. The van der Waals surface area contributed by atoms with Gasteiger partial charge in [0.05, 0.1) is 15.9 Å². The zero-order chi connectivity index (χ0) is 21.5. The average Bonchev–Trinajstić information content (AvgIpc) is 3.52. The molecule has 6 aromatic rings. The fraction of sp³-hybridized carbons (Fsp3) is 0.0769. The van der Waals surface area contributed by atoms with Crippen LogP contribution in [0, 0.1) is 0 Å². The molecule has 0 radical (unpaired) electrons. The van der Waals surface area contributed by atoms with E-state index in [0.29, 0.717) is 12.1 Å². The Morgan fingerprint density at radius 2 is 1.88 bits per heavy atom. The van der Waals surface area contributed by atoms with E-state index in [4.69, 9.17) is 4.98 Å². The van der Waals surface area contributed by atoms with Crippen molar-refractivity contribution in [1.82, 2.24) is 19.7 Å². The predicted octanol–water partition coefficient (Wildman–Crippen LogP) is 5.67. The lowest BCUT2D eigenvalue weighted by Gasteiger charge is -2.05. The third-order valence-electron chi connectivity index (χ3n) is 5.78. The van der Waals surface area contributed by atoms with Crippen LogP contribution in [-0.4, -0.2) is 26.8 Å².